The number of hydrogen-bond acceptors (Lipinski definition) is 4. The van der Waals surface area contributed by atoms with Gasteiger partial charge in [-0.25, -0.2) is 0 Å². The SMILES string of the molecule is S=c1[nH]c2ccc(OCCN3CCN(c4ccc(Cl)cc4)CC3)cc2[nH]1. The van der Waals surface area contributed by atoms with Crippen LogP contribution in [0.5, 0.6) is 5.75 Å². The number of aromatic nitrogens is 2. The fourth-order valence-electron chi connectivity index (χ4n) is 3.28. The van der Waals surface area contributed by atoms with Crippen molar-refractivity contribution >= 4 is 40.5 Å². The monoisotopic (exact) mass is 388 g/mol. The Balaban J connectivity index is 1.25. The van der Waals surface area contributed by atoms with Crippen LogP contribution < -0.4 is 9.64 Å². The van der Waals surface area contributed by atoms with Crippen molar-refractivity contribution in [3.63, 3.8) is 0 Å². The summed E-state index contributed by atoms with van der Waals surface area (Å²) in [5.74, 6) is 0.863. The standard InChI is InChI=1S/C19H21ClN4OS/c20-14-1-3-15(4-2-14)24-9-7-23(8-10-24)11-12-25-16-5-6-17-18(13-16)22-19(26)21-17/h1-6,13H,7-12H2,(H2,21,22,26). The number of rotatable bonds is 5. The summed E-state index contributed by atoms with van der Waals surface area (Å²) in [6.45, 7) is 5.72. The molecule has 1 aromatic heterocycles. The molecule has 0 bridgehead atoms. The maximum absolute atomic E-state index is 5.97. The van der Waals surface area contributed by atoms with Crippen LogP contribution in [0.1, 0.15) is 0 Å². The Bertz CT molecular complexity index is 929. The zero-order valence-corrected chi connectivity index (χ0v) is 15.9. The first-order chi connectivity index (χ1) is 12.7. The Hall–Kier alpha value is -2.02. The first-order valence-electron chi connectivity index (χ1n) is 8.75. The number of halogens is 1. The second-order valence-electron chi connectivity index (χ2n) is 6.44. The number of imidazole rings is 1. The van der Waals surface area contributed by atoms with Crippen molar-refractivity contribution in [2.24, 2.45) is 0 Å². The zero-order valence-electron chi connectivity index (χ0n) is 14.4. The maximum Gasteiger partial charge on any atom is 0.175 e. The van der Waals surface area contributed by atoms with Gasteiger partial charge in [0.05, 0.1) is 11.0 Å². The average molecular weight is 389 g/mol. The van der Waals surface area contributed by atoms with Crippen molar-refractivity contribution in [3.8, 4) is 5.75 Å². The van der Waals surface area contributed by atoms with E-state index in [1.165, 1.54) is 5.69 Å². The molecule has 4 rings (SSSR count). The third kappa shape index (κ3) is 4.03. The molecule has 0 atom stereocenters. The summed E-state index contributed by atoms with van der Waals surface area (Å²) < 4.78 is 6.55. The molecule has 0 radical (unpaired) electrons. The first kappa shape index (κ1) is 17.4. The molecule has 0 saturated carbocycles. The number of aromatic amines is 2. The minimum Gasteiger partial charge on any atom is -0.492 e. The molecule has 2 aromatic carbocycles. The largest absolute Gasteiger partial charge is 0.492 e. The molecule has 0 unspecified atom stereocenters. The molecule has 2 heterocycles. The van der Waals surface area contributed by atoms with Gasteiger partial charge in [-0.05, 0) is 48.6 Å². The van der Waals surface area contributed by atoms with Gasteiger partial charge in [-0.2, -0.15) is 0 Å². The summed E-state index contributed by atoms with van der Waals surface area (Å²) in [7, 11) is 0. The lowest BCUT2D eigenvalue weighted by Crippen LogP contribution is -2.47. The van der Waals surface area contributed by atoms with E-state index in [1.807, 2.05) is 30.3 Å². The predicted molar refractivity (Wildman–Crippen MR) is 109 cm³/mol. The number of benzene rings is 2. The van der Waals surface area contributed by atoms with E-state index in [2.05, 4.69) is 31.9 Å². The van der Waals surface area contributed by atoms with Crippen molar-refractivity contribution in [1.29, 1.82) is 0 Å². The van der Waals surface area contributed by atoms with E-state index in [4.69, 9.17) is 28.6 Å². The van der Waals surface area contributed by atoms with Crippen molar-refractivity contribution in [3.05, 3.63) is 52.3 Å². The first-order valence-corrected chi connectivity index (χ1v) is 9.54. The van der Waals surface area contributed by atoms with Crippen LogP contribution in [-0.2, 0) is 0 Å². The van der Waals surface area contributed by atoms with E-state index in [0.717, 1.165) is 54.5 Å². The van der Waals surface area contributed by atoms with E-state index >= 15 is 0 Å². The van der Waals surface area contributed by atoms with E-state index < -0.39 is 0 Å². The van der Waals surface area contributed by atoms with E-state index in [-0.39, 0.29) is 0 Å². The molecule has 0 amide bonds. The normalized spacial score (nSPS) is 15.5. The Morgan fingerprint density at radius 1 is 0.962 bits per heavy atom. The van der Waals surface area contributed by atoms with Gasteiger partial charge in [0.25, 0.3) is 0 Å². The van der Waals surface area contributed by atoms with Gasteiger partial charge in [0.1, 0.15) is 12.4 Å². The Morgan fingerprint density at radius 2 is 1.69 bits per heavy atom. The van der Waals surface area contributed by atoms with Crippen LogP contribution >= 0.6 is 23.8 Å². The van der Waals surface area contributed by atoms with Gasteiger partial charge in [-0.3, -0.25) is 4.90 Å². The molecule has 7 heteroatoms. The number of H-pyrrole nitrogens is 2. The molecule has 5 nitrogen and oxygen atoms in total. The minimum absolute atomic E-state index is 0.635. The number of ether oxygens (including phenoxy) is 1. The molecule has 26 heavy (non-hydrogen) atoms. The molecule has 0 aliphatic carbocycles. The van der Waals surface area contributed by atoms with Crippen molar-refractivity contribution < 1.29 is 4.74 Å². The Morgan fingerprint density at radius 3 is 2.46 bits per heavy atom. The smallest absolute Gasteiger partial charge is 0.175 e. The average Bonchev–Trinajstić information content (AvgIpc) is 3.02. The molecule has 136 valence electrons. The predicted octanol–water partition coefficient (Wildman–Crippen LogP) is 4.08. The number of hydrogen-bond donors (Lipinski definition) is 2. The molecule has 1 saturated heterocycles. The molecule has 2 N–H and O–H groups in total. The van der Waals surface area contributed by atoms with Gasteiger partial charge < -0.3 is 19.6 Å². The quantitative estimate of drug-likeness (QED) is 0.646. The second kappa shape index (κ2) is 7.70. The van der Waals surface area contributed by atoms with Gasteiger partial charge in [0.2, 0.25) is 0 Å². The van der Waals surface area contributed by atoms with Crippen LogP contribution in [0.4, 0.5) is 5.69 Å². The van der Waals surface area contributed by atoms with Gasteiger partial charge in [-0.15, -0.1) is 0 Å². The molecule has 0 spiro atoms. The fourth-order valence-corrected chi connectivity index (χ4v) is 3.62. The van der Waals surface area contributed by atoms with Crippen LogP contribution in [0.15, 0.2) is 42.5 Å². The van der Waals surface area contributed by atoms with Crippen molar-refractivity contribution in [1.82, 2.24) is 14.9 Å². The summed E-state index contributed by atoms with van der Waals surface area (Å²) >= 11 is 11.1. The summed E-state index contributed by atoms with van der Waals surface area (Å²) in [6, 6.07) is 14.0. The maximum atomic E-state index is 5.97. The number of nitrogens with zero attached hydrogens (tertiary/aromatic N) is 2. The lowest BCUT2D eigenvalue weighted by molar-refractivity contribution is 0.200. The fraction of sp³-hybridized carbons (Fsp3) is 0.316. The number of fused-ring (bicyclic) bond motifs is 1. The topological polar surface area (TPSA) is 47.3 Å². The number of anilines is 1. The third-order valence-electron chi connectivity index (χ3n) is 4.73. The van der Waals surface area contributed by atoms with Crippen LogP contribution in [0.3, 0.4) is 0 Å². The van der Waals surface area contributed by atoms with Crippen LogP contribution in [0, 0.1) is 4.77 Å². The van der Waals surface area contributed by atoms with Crippen LogP contribution in [0.25, 0.3) is 11.0 Å². The minimum atomic E-state index is 0.635. The second-order valence-corrected chi connectivity index (χ2v) is 7.28. The summed E-state index contributed by atoms with van der Waals surface area (Å²) in [5.41, 5.74) is 3.22. The molecule has 1 fully saturated rings. The summed E-state index contributed by atoms with van der Waals surface area (Å²) in [4.78, 5) is 11.1. The zero-order chi connectivity index (χ0) is 17.9. The van der Waals surface area contributed by atoms with Gasteiger partial charge in [0.15, 0.2) is 4.77 Å². The molecule has 1 aliphatic rings. The van der Waals surface area contributed by atoms with E-state index in [0.29, 0.717) is 11.4 Å². The molecule has 1 aliphatic heterocycles. The number of piperazine rings is 1. The highest BCUT2D eigenvalue weighted by molar-refractivity contribution is 7.71. The summed E-state index contributed by atoms with van der Waals surface area (Å²) in [5, 5.41) is 0.781. The van der Waals surface area contributed by atoms with Gasteiger partial charge in [0, 0.05) is 49.5 Å². The highest BCUT2D eigenvalue weighted by Gasteiger charge is 2.17. The molecule has 3 aromatic rings. The van der Waals surface area contributed by atoms with E-state index in [9.17, 15) is 0 Å². The van der Waals surface area contributed by atoms with Crippen molar-refractivity contribution in [2.75, 3.05) is 44.2 Å². The van der Waals surface area contributed by atoms with E-state index in [1.54, 1.807) is 0 Å². The van der Waals surface area contributed by atoms with Gasteiger partial charge in [-0.1, -0.05) is 11.6 Å². The number of nitrogens with one attached hydrogen (secondary N) is 2. The highest BCUT2D eigenvalue weighted by Crippen LogP contribution is 2.20. The summed E-state index contributed by atoms with van der Waals surface area (Å²) in [6.07, 6.45) is 0. The van der Waals surface area contributed by atoms with Crippen molar-refractivity contribution in [2.45, 2.75) is 0 Å². The molecular formula is C19H21ClN4OS. The highest BCUT2D eigenvalue weighted by atomic mass is 35.5. The Kier molecular flexibility index (Phi) is 5.15. The van der Waals surface area contributed by atoms with Crippen LogP contribution in [-0.4, -0.2) is 54.2 Å². The Labute approximate surface area is 162 Å². The molecular weight excluding hydrogens is 368 g/mol. The lowest BCUT2D eigenvalue weighted by atomic mass is 10.2. The lowest BCUT2D eigenvalue weighted by Gasteiger charge is -2.36. The van der Waals surface area contributed by atoms with Gasteiger partial charge >= 0.3 is 0 Å². The third-order valence-corrected chi connectivity index (χ3v) is 5.18. The van der Waals surface area contributed by atoms with Crippen LogP contribution in [0.2, 0.25) is 5.02 Å².